The average molecular weight is 296 g/mol. The molecule has 0 aliphatic rings. The minimum absolute atomic E-state index is 0.178. The van der Waals surface area contributed by atoms with Gasteiger partial charge in [0.05, 0.1) is 18.1 Å². The van der Waals surface area contributed by atoms with E-state index in [0.717, 1.165) is 42.0 Å². The molecule has 0 saturated heterocycles. The van der Waals surface area contributed by atoms with Crippen LogP contribution in [0.1, 0.15) is 17.8 Å². The molecule has 3 rings (SSSR count). The molecular formula is C18H20N2O2. The lowest BCUT2D eigenvalue weighted by Crippen LogP contribution is -2.06. The second kappa shape index (κ2) is 6.62. The maximum Gasteiger partial charge on any atom is 0.121 e. The first-order valence-electron chi connectivity index (χ1n) is 7.50. The predicted octanol–water partition coefficient (Wildman–Crippen LogP) is 3.02. The molecule has 2 aromatic carbocycles. The Morgan fingerprint density at radius 2 is 1.95 bits per heavy atom. The van der Waals surface area contributed by atoms with Gasteiger partial charge in [-0.2, -0.15) is 0 Å². The summed E-state index contributed by atoms with van der Waals surface area (Å²) in [6.45, 7) is 0.961. The van der Waals surface area contributed by atoms with Crippen LogP contribution in [-0.4, -0.2) is 28.4 Å². The van der Waals surface area contributed by atoms with E-state index in [9.17, 15) is 0 Å². The fourth-order valence-corrected chi connectivity index (χ4v) is 2.66. The van der Waals surface area contributed by atoms with E-state index in [0.29, 0.717) is 0 Å². The lowest BCUT2D eigenvalue weighted by molar-refractivity contribution is 0.287. The van der Waals surface area contributed by atoms with Crippen molar-refractivity contribution in [3.05, 3.63) is 59.9 Å². The minimum atomic E-state index is 0.178. The van der Waals surface area contributed by atoms with Crippen molar-refractivity contribution < 1.29 is 9.84 Å². The highest BCUT2D eigenvalue weighted by Crippen LogP contribution is 2.23. The zero-order valence-electron chi connectivity index (χ0n) is 12.7. The van der Waals surface area contributed by atoms with Crippen molar-refractivity contribution in [1.82, 2.24) is 9.55 Å². The maximum atomic E-state index is 9.11. The molecule has 0 atom stereocenters. The molecule has 3 aromatic rings. The smallest absolute Gasteiger partial charge is 0.121 e. The summed E-state index contributed by atoms with van der Waals surface area (Å²) >= 11 is 0. The summed E-state index contributed by atoms with van der Waals surface area (Å²) in [6.07, 6.45) is 1.48. The summed E-state index contributed by atoms with van der Waals surface area (Å²) < 4.78 is 7.50. The number of methoxy groups -OCH3 is 1. The molecule has 1 aromatic heterocycles. The molecule has 1 N–H and O–H groups in total. The van der Waals surface area contributed by atoms with Crippen molar-refractivity contribution in [3.63, 3.8) is 0 Å². The monoisotopic (exact) mass is 296 g/mol. The number of imidazole rings is 1. The fourth-order valence-electron chi connectivity index (χ4n) is 2.66. The number of aryl methyl sites for hydroxylation is 1. The van der Waals surface area contributed by atoms with Gasteiger partial charge in [0.2, 0.25) is 0 Å². The van der Waals surface area contributed by atoms with Gasteiger partial charge in [0.25, 0.3) is 0 Å². The number of rotatable bonds is 6. The average Bonchev–Trinajstić information content (AvgIpc) is 2.90. The van der Waals surface area contributed by atoms with Gasteiger partial charge in [-0.3, -0.25) is 0 Å². The van der Waals surface area contributed by atoms with Crippen molar-refractivity contribution in [1.29, 1.82) is 0 Å². The van der Waals surface area contributed by atoms with E-state index in [4.69, 9.17) is 14.8 Å². The van der Waals surface area contributed by atoms with Crippen LogP contribution in [0.25, 0.3) is 11.0 Å². The summed E-state index contributed by atoms with van der Waals surface area (Å²) in [6, 6.07) is 16.3. The number of ether oxygens (including phenoxy) is 1. The zero-order chi connectivity index (χ0) is 15.4. The summed E-state index contributed by atoms with van der Waals surface area (Å²) in [4.78, 5) is 4.73. The van der Waals surface area contributed by atoms with Gasteiger partial charge in [0, 0.05) is 25.6 Å². The Bertz CT molecular complexity index is 750. The van der Waals surface area contributed by atoms with Gasteiger partial charge in [-0.05, 0) is 24.1 Å². The number of hydrogen-bond acceptors (Lipinski definition) is 3. The third-order valence-electron chi connectivity index (χ3n) is 3.78. The Labute approximate surface area is 130 Å². The second-order valence-electron chi connectivity index (χ2n) is 5.28. The molecule has 0 radical (unpaired) electrons. The van der Waals surface area contributed by atoms with Crippen molar-refractivity contribution in [2.75, 3.05) is 13.7 Å². The second-order valence-corrected chi connectivity index (χ2v) is 5.28. The SMILES string of the molecule is COc1ccc2c(c1)nc(CCCO)n2Cc1ccccc1. The van der Waals surface area contributed by atoms with Gasteiger partial charge in [-0.25, -0.2) is 4.98 Å². The molecule has 0 unspecified atom stereocenters. The van der Waals surface area contributed by atoms with Crippen LogP contribution in [0.15, 0.2) is 48.5 Å². The zero-order valence-corrected chi connectivity index (χ0v) is 12.7. The van der Waals surface area contributed by atoms with E-state index < -0.39 is 0 Å². The molecule has 0 aliphatic carbocycles. The molecule has 0 aliphatic heterocycles. The van der Waals surface area contributed by atoms with E-state index in [1.165, 1.54) is 5.56 Å². The number of aliphatic hydroxyl groups excluding tert-OH is 1. The van der Waals surface area contributed by atoms with E-state index in [2.05, 4.69) is 16.7 Å². The van der Waals surface area contributed by atoms with Crippen LogP contribution in [0.2, 0.25) is 0 Å². The van der Waals surface area contributed by atoms with Crippen molar-refractivity contribution >= 4 is 11.0 Å². The molecule has 0 saturated carbocycles. The first-order valence-corrected chi connectivity index (χ1v) is 7.50. The number of benzene rings is 2. The summed E-state index contributed by atoms with van der Waals surface area (Å²) in [5.41, 5.74) is 3.27. The predicted molar refractivity (Wildman–Crippen MR) is 87.2 cm³/mol. The minimum Gasteiger partial charge on any atom is -0.497 e. The number of aliphatic hydroxyl groups is 1. The van der Waals surface area contributed by atoms with Gasteiger partial charge in [0.1, 0.15) is 11.6 Å². The molecule has 22 heavy (non-hydrogen) atoms. The number of fused-ring (bicyclic) bond motifs is 1. The summed E-state index contributed by atoms with van der Waals surface area (Å²) in [5.74, 6) is 1.81. The maximum absolute atomic E-state index is 9.11. The first kappa shape index (κ1) is 14.6. The lowest BCUT2D eigenvalue weighted by Gasteiger charge is -2.09. The number of nitrogens with zero attached hydrogens (tertiary/aromatic N) is 2. The van der Waals surface area contributed by atoms with Gasteiger partial charge in [-0.15, -0.1) is 0 Å². The number of hydrogen-bond donors (Lipinski definition) is 1. The highest BCUT2D eigenvalue weighted by atomic mass is 16.5. The van der Waals surface area contributed by atoms with Crippen LogP contribution in [0.4, 0.5) is 0 Å². The van der Waals surface area contributed by atoms with Crippen LogP contribution in [0.5, 0.6) is 5.75 Å². The quantitative estimate of drug-likeness (QED) is 0.760. The van der Waals surface area contributed by atoms with Crippen LogP contribution in [0.3, 0.4) is 0 Å². The van der Waals surface area contributed by atoms with Crippen molar-refractivity contribution in [2.45, 2.75) is 19.4 Å². The summed E-state index contributed by atoms with van der Waals surface area (Å²) in [5, 5.41) is 9.11. The van der Waals surface area contributed by atoms with Crippen LogP contribution < -0.4 is 4.74 Å². The Morgan fingerprint density at radius 3 is 2.68 bits per heavy atom. The molecular weight excluding hydrogens is 276 g/mol. The lowest BCUT2D eigenvalue weighted by atomic mass is 10.2. The van der Waals surface area contributed by atoms with Crippen molar-refractivity contribution in [2.24, 2.45) is 0 Å². The molecule has 0 fully saturated rings. The van der Waals surface area contributed by atoms with Gasteiger partial charge in [0.15, 0.2) is 0 Å². The Balaban J connectivity index is 2.03. The Morgan fingerprint density at radius 1 is 1.14 bits per heavy atom. The standard InChI is InChI=1S/C18H20N2O2/c1-22-15-9-10-17-16(12-15)19-18(8-5-11-21)20(17)13-14-6-3-2-4-7-14/h2-4,6-7,9-10,12,21H,5,8,11,13H2,1H3. The Kier molecular flexibility index (Phi) is 4.39. The molecule has 4 heteroatoms. The van der Waals surface area contributed by atoms with Gasteiger partial charge < -0.3 is 14.4 Å². The normalized spacial score (nSPS) is 11.0. The molecule has 0 bridgehead atoms. The third-order valence-corrected chi connectivity index (χ3v) is 3.78. The summed E-state index contributed by atoms with van der Waals surface area (Å²) in [7, 11) is 1.66. The highest BCUT2D eigenvalue weighted by molar-refractivity contribution is 5.78. The van der Waals surface area contributed by atoms with E-state index in [-0.39, 0.29) is 6.61 Å². The van der Waals surface area contributed by atoms with Gasteiger partial charge in [-0.1, -0.05) is 30.3 Å². The molecule has 4 nitrogen and oxygen atoms in total. The largest absolute Gasteiger partial charge is 0.497 e. The molecule has 1 heterocycles. The number of aromatic nitrogens is 2. The fraction of sp³-hybridized carbons (Fsp3) is 0.278. The Hall–Kier alpha value is -2.33. The molecule has 0 amide bonds. The molecule has 114 valence electrons. The van der Waals surface area contributed by atoms with Gasteiger partial charge >= 0.3 is 0 Å². The van der Waals surface area contributed by atoms with Crippen LogP contribution in [0, 0.1) is 0 Å². The topological polar surface area (TPSA) is 47.3 Å². The highest BCUT2D eigenvalue weighted by Gasteiger charge is 2.11. The van der Waals surface area contributed by atoms with Crippen LogP contribution in [-0.2, 0) is 13.0 Å². The van der Waals surface area contributed by atoms with Crippen molar-refractivity contribution in [3.8, 4) is 5.75 Å². The third kappa shape index (κ3) is 2.97. The first-order chi connectivity index (χ1) is 10.8. The van der Waals surface area contributed by atoms with E-state index in [1.54, 1.807) is 7.11 Å². The van der Waals surface area contributed by atoms with Crippen LogP contribution >= 0.6 is 0 Å². The van der Waals surface area contributed by atoms with E-state index in [1.807, 2.05) is 36.4 Å². The van der Waals surface area contributed by atoms with E-state index >= 15 is 0 Å². The molecule has 0 spiro atoms.